The van der Waals surface area contributed by atoms with Crippen LogP contribution in [-0.4, -0.2) is 12.6 Å². The Morgan fingerprint density at radius 2 is 1.61 bits per heavy atom. The van der Waals surface area contributed by atoms with E-state index in [1.165, 1.54) is 25.7 Å². The summed E-state index contributed by atoms with van der Waals surface area (Å²) in [4.78, 5) is 11.6. The first-order valence-electron chi connectivity index (χ1n) is 6.56. The molecule has 0 heterocycles. The fraction of sp³-hybridized carbons (Fsp3) is 0.533. The fourth-order valence-corrected chi connectivity index (χ4v) is 1.70. The molecule has 0 aromatic heterocycles. The van der Waals surface area contributed by atoms with Gasteiger partial charge in [0, 0.05) is 22.4 Å². The van der Waals surface area contributed by atoms with Gasteiger partial charge in [0.05, 0.1) is 12.2 Å². The Morgan fingerprint density at radius 1 is 1.00 bits per heavy atom. The van der Waals surface area contributed by atoms with Crippen molar-refractivity contribution < 1.29 is 31.9 Å². The van der Waals surface area contributed by atoms with Crippen LogP contribution in [0, 0.1) is 0 Å². The zero-order valence-corrected chi connectivity index (χ0v) is 12.4. The van der Waals surface area contributed by atoms with E-state index in [1.807, 2.05) is 18.2 Å². The molecule has 0 aliphatic carbocycles. The summed E-state index contributed by atoms with van der Waals surface area (Å²) in [6.45, 7) is 2.75. The fourth-order valence-electron chi connectivity index (χ4n) is 1.70. The molecule has 0 aliphatic rings. The Balaban J connectivity index is 0.00000289. The third kappa shape index (κ3) is 7.70. The second kappa shape index (κ2) is 11.5. The van der Waals surface area contributed by atoms with Crippen LogP contribution in [-0.2, 0) is 27.1 Å². The first-order chi connectivity index (χ1) is 8.34. The van der Waals surface area contributed by atoms with Crippen molar-refractivity contribution in [2.45, 2.75) is 45.4 Å². The maximum absolute atomic E-state index is 11.6. The molecule has 0 fully saturated rings. The monoisotopic (exact) mass is 341 g/mol. The van der Waals surface area contributed by atoms with Crippen LogP contribution in [0.5, 0.6) is 0 Å². The molecule has 0 amide bonds. The van der Waals surface area contributed by atoms with Gasteiger partial charge in [0.15, 0.2) is 0 Å². The van der Waals surface area contributed by atoms with E-state index in [0.717, 1.165) is 12.8 Å². The van der Waals surface area contributed by atoms with Crippen molar-refractivity contribution >= 4 is 5.97 Å². The van der Waals surface area contributed by atoms with Crippen LogP contribution in [0.15, 0.2) is 30.3 Å². The van der Waals surface area contributed by atoms with E-state index in [-0.39, 0.29) is 28.3 Å². The van der Waals surface area contributed by atoms with E-state index in [2.05, 4.69) is 6.92 Å². The summed E-state index contributed by atoms with van der Waals surface area (Å²) in [5, 5.41) is 0. The standard InChI is InChI=1S/C15H22O2.Ag/c1-2-3-4-5-6-10-13-17-15(16)14-11-8-7-9-12-14;/h7-9,11-12H,2-6,10,13H2,1H3;. The largest absolute Gasteiger partial charge is 0.462 e. The first-order valence-corrected chi connectivity index (χ1v) is 6.56. The smallest absolute Gasteiger partial charge is 0.338 e. The Labute approximate surface area is 126 Å². The molecule has 0 unspecified atom stereocenters. The van der Waals surface area contributed by atoms with Gasteiger partial charge >= 0.3 is 5.97 Å². The van der Waals surface area contributed by atoms with Crippen molar-refractivity contribution in [2.24, 2.45) is 0 Å². The van der Waals surface area contributed by atoms with Gasteiger partial charge in [0.25, 0.3) is 0 Å². The van der Waals surface area contributed by atoms with Gasteiger partial charge in [-0.15, -0.1) is 0 Å². The van der Waals surface area contributed by atoms with Crippen LogP contribution < -0.4 is 0 Å². The van der Waals surface area contributed by atoms with Gasteiger partial charge in [0.1, 0.15) is 0 Å². The molecular weight excluding hydrogens is 320 g/mol. The summed E-state index contributed by atoms with van der Waals surface area (Å²) in [5.41, 5.74) is 0.637. The van der Waals surface area contributed by atoms with Gasteiger partial charge in [-0.1, -0.05) is 57.2 Å². The molecule has 1 radical (unpaired) electrons. The summed E-state index contributed by atoms with van der Waals surface area (Å²) >= 11 is 0. The molecule has 1 rings (SSSR count). The van der Waals surface area contributed by atoms with Crippen molar-refractivity contribution in [2.75, 3.05) is 6.61 Å². The quantitative estimate of drug-likeness (QED) is 0.402. The summed E-state index contributed by atoms with van der Waals surface area (Å²) in [6.07, 6.45) is 7.25. The van der Waals surface area contributed by atoms with Crippen molar-refractivity contribution in [3.8, 4) is 0 Å². The number of benzene rings is 1. The van der Waals surface area contributed by atoms with Crippen LogP contribution in [0.25, 0.3) is 0 Å². The van der Waals surface area contributed by atoms with Crippen LogP contribution >= 0.6 is 0 Å². The molecule has 0 N–H and O–H groups in total. The van der Waals surface area contributed by atoms with Gasteiger partial charge in [-0.05, 0) is 18.6 Å². The number of rotatable bonds is 8. The third-order valence-electron chi connectivity index (χ3n) is 2.74. The first kappa shape index (κ1) is 17.4. The number of ether oxygens (including phenoxy) is 1. The number of carbonyl (C=O) groups excluding carboxylic acids is 1. The third-order valence-corrected chi connectivity index (χ3v) is 2.74. The van der Waals surface area contributed by atoms with Gasteiger partial charge < -0.3 is 4.74 Å². The average Bonchev–Trinajstić information content (AvgIpc) is 2.38. The predicted molar refractivity (Wildman–Crippen MR) is 70.1 cm³/mol. The van der Waals surface area contributed by atoms with Gasteiger partial charge in [-0.2, -0.15) is 0 Å². The molecule has 1 aromatic carbocycles. The second-order valence-corrected chi connectivity index (χ2v) is 4.27. The zero-order valence-electron chi connectivity index (χ0n) is 11.0. The van der Waals surface area contributed by atoms with Gasteiger partial charge in [-0.25, -0.2) is 4.79 Å². The molecule has 105 valence electrons. The van der Waals surface area contributed by atoms with E-state index in [4.69, 9.17) is 4.74 Å². The summed E-state index contributed by atoms with van der Waals surface area (Å²) in [6, 6.07) is 9.15. The van der Waals surface area contributed by atoms with Crippen molar-refractivity contribution in [3.05, 3.63) is 35.9 Å². The van der Waals surface area contributed by atoms with Gasteiger partial charge in [0.2, 0.25) is 0 Å². The SMILES string of the molecule is CCCCCCCCOC(=O)c1ccccc1.[Ag]. The van der Waals surface area contributed by atoms with Crippen LogP contribution in [0.2, 0.25) is 0 Å². The summed E-state index contributed by atoms with van der Waals surface area (Å²) in [7, 11) is 0. The molecule has 18 heavy (non-hydrogen) atoms. The maximum Gasteiger partial charge on any atom is 0.338 e. The van der Waals surface area contributed by atoms with Crippen LogP contribution in [0.4, 0.5) is 0 Å². The predicted octanol–water partition coefficient (Wildman–Crippen LogP) is 4.20. The summed E-state index contributed by atoms with van der Waals surface area (Å²) < 4.78 is 5.20. The Hall–Kier alpha value is -0.570. The number of unbranched alkanes of at least 4 members (excludes halogenated alkanes) is 5. The molecule has 0 spiro atoms. The van der Waals surface area contributed by atoms with Crippen LogP contribution in [0.3, 0.4) is 0 Å². The molecule has 0 atom stereocenters. The minimum atomic E-state index is -0.209. The molecule has 1 aromatic rings. The minimum absolute atomic E-state index is 0. The minimum Gasteiger partial charge on any atom is -0.462 e. The molecule has 3 heteroatoms. The summed E-state index contributed by atoms with van der Waals surface area (Å²) in [5.74, 6) is -0.209. The molecule has 0 bridgehead atoms. The van der Waals surface area contributed by atoms with Crippen LogP contribution in [0.1, 0.15) is 55.8 Å². The number of hydrogen-bond acceptors (Lipinski definition) is 2. The molecule has 0 saturated carbocycles. The Kier molecular flexibility index (Phi) is 11.2. The normalized spacial score (nSPS) is 9.61. The second-order valence-electron chi connectivity index (χ2n) is 4.27. The van der Waals surface area contributed by atoms with E-state index < -0.39 is 0 Å². The van der Waals surface area contributed by atoms with Crippen molar-refractivity contribution in [3.63, 3.8) is 0 Å². The number of hydrogen-bond donors (Lipinski definition) is 0. The zero-order chi connectivity index (χ0) is 12.3. The molecule has 0 saturated heterocycles. The average molecular weight is 342 g/mol. The van der Waals surface area contributed by atoms with Gasteiger partial charge in [-0.3, -0.25) is 0 Å². The molecule has 2 nitrogen and oxygen atoms in total. The van der Waals surface area contributed by atoms with E-state index in [1.54, 1.807) is 12.1 Å². The topological polar surface area (TPSA) is 26.3 Å². The maximum atomic E-state index is 11.6. The van der Waals surface area contributed by atoms with Crippen molar-refractivity contribution in [1.82, 2.24) is 0 Å². The van der Waals surface area contributed by atoms with E-state index in [0.29, 0.717) is 12.2 Å². The molecule has 0 aliphatic heterocycles. The number of carbonyl (C=O) groups is 1. The Bertz CT molecular complexity index is 312. The number of esters is 1. The van der Waals surface area contributed by atoms with E-state index in [9.17, 15) is 4.79 Å². The van der Waals surface area contributed by atoms with E-state index >= 15 is 0 Å². The Morgan fingerprint density at radius 3 is 2.28 bits per heavy atom. The molecular formula is C15H22AgO2. The van der Waals surface area contributed by atoms with Crippen molar-refractivity contribution in [1.29, 1.82) is 0 Å².